The Balaban J connectivity index is 1.79. The number of esters is 1. The molecular weight excluding hydrogens is 373 g/mol. The Bertz CT molecular complexity index is 864. The molecule has 1 fully saturated rings. The molecule has 5 nitrogen and oxygen atoms in total. The van der Waals surface area contributed by atoms with Gasteiger partial charge in [-0.05, 0) is 19.8 Å². The first-order valence-corrected chi connectivity index (χ1v) is 8.06. The van der Waals surface area contributed by atoms with Gasteiger partial charge in [0, 0.05) is 19.3 Å². The summed E-state index contributed by atoms with van der Waals surface area (Å²) >= 11 is 0. The number of aromatic nitrogens is 2. The van der Waals surface area contributed by atoms with Gasteiger partial charge in [0.05, 0.1) is 17.8 Å². The highest BCUT2D eigenvalue weighted by Gasteiger charge is 2.33. The summed E-state index contributed by atoms with van der Waals surface area (Å²) in [4.78, 5) is 22.3. The number of anilines is 1. The van der Waals surface area contributed by atoms with Crippen LogP contribution in [0.4, 0.5) is 27.8 Å². The lowest BCUT2D eigenvalue weighted by Gasteiger charge is -2.32. The Kier molecular flexibility index (Phi) is 5.24. The molecule has 2 heterocycles. The minimum absolute atomic E-state index is 0.117. The molecule has 1 aromatic carbocycles. The van der Waals surface area contributed by atoms with Gasteiger partial charge in [0.2, 0.25) is 34.8 Å². The number of carbonyl (C=O) groups is 1. The first-order valence-electron chi connectivity index (χ1n) is 8.06. The predicted octanol–water partition coefficient (Wildman–Crippen LogP) is 3.30. The van der Waals surface area contributed by atoms with Gasteiger partial charge in [-0.1, -0.05) is 0 Å². The molecule has 144 valence electrons. The van der Waals surface area contributed by atoms with Crippen molar-refractivity contribution in [3.05, 3.63) is 47.2 Å². The van der Waals surface area contributed by atoms with Crippen molar-refractivity contribution < 1.29 is 31.5 Å². The Morgan fingerprint density at radius 3 is 2.33 bits per heavy atom. The third kappa shape index (κ3) is 3.69. The van der Waals surface area contributed by atoms with Crippen molar-refractivity contribution in [2.45, 2.75) is 19.8 Å². The molecule has 1 aromatic heterocycles. The Morgan fingerprint density at radius 2 is 1.70 bits per heavy atom. The molecule has 2 aromatic rings. The number of halogens is 5. The summed E-state index contributed by atoms with van der Waals surface area (Å²) in [6, 6.07) is 0. The minimum atomic E-state index is -2.31. The summed E-state index contributed by atoms with van der Waals surface area (Å²) in [5, 5.41) is 0. The fourth-order valence-corrected chi connectivity index (χ4v) is 2.84. The van der Waals surface area contributed by atoms with E-state index in [0.717, 1.165) is 0 Å². The van der Waals surface area contributed by atoms with Gasteiger partial charge in [-0.15, -0.1) is 0 Å². The Morgan fingerprint density at radius 1 is 1.07 bits per heavy atom. The lowest BCUT2D eigenvalue weighted by molar-refractivity contribution is -0.139. The van der Waals surface area contributed by atoms with Crippen LogP contribution in [0.3, 0.4) is 0 Å². The highest BCUT2D eigenvalue weighted by Crippen LogP contribution is 2.31. The molecule has 0 spiro atoms. The first kappa shape index (κ1) is 19.0. The molecule has 0 saturated carbocycles. The fourth-order valence-electron chi connectivity index (χ4n) is 2.84. The van der Waals surface area contributed by atoms with E-state index in [0.29, 0.717) is 30.9 Å². The van der Waals surface area contributed by atoms with E-state index in [2.05, 4.69) is 14.7 Å². The molecule has 10 heteroatoms. The van der Waals surface area contributed by atoms with Crippen LogP contribution < -0.4 is 9.64 Å². The summed E-state index contributed by atoms with van der Waals surface area (Å²) in [6.45, 7) is 2.44. The molecule has 0 N–H and O–H groups in total. The van der Waals surface area contributed by atoms with Gasteiger partial charge in [0.1, 0.15) is 5.82 Å². The Hall–Kier alpha value is -2.78. The fraction of sp³-hybridized carbons (Fsp3) is 0.353. The largest absolute Gasteiger partial charge is 0.420 e. The maximum absolute atomic E-state index is 13.7. The lowest BCUT2D eigenvalue weighted by Crippen LogP contribution is -2.40. The van der Waals surface area contributed by atoms with Crippen LogP contribution in [0.15, 0.2) is 12.4 Å². The average Bonchev–Trinajstić information content (AvgIpc) is 2.68. The smallest absolute Gasteiger partial charge is 0.316 e. The van der Waals surface area contributed by atoms with E-state index < -0.39 is 46.7 Å². The van der Waals surface area contributed by atoms with Gasteiger partial charge >= 0.3 is 5.97 Å². The zero-order chi connectivity index (χ0) is 19.7. The topological polar surface area (TPSA) is 55.3 Å². The predicted molar refractivity (Wildman–Crippen MR) is 83.6 cm³/mol. The van der Waals surface area contributed by atoms with Crippen molar-refractivity contribution in [3.63, 3.8) is 0 Å². The quantitative estimate of drug-likeness (QED) is 0.266. The zero-order valence-corrected chi connectivity index (χ0v) is 14.1. The number of ether oxygens (including phenoxy) is 1. The van der Waals surface area contributed by atoms with Crippen molar-refractivity contribution in [3.8, 4) is 5.75 Å². The van der Waals surface area contributed by atoms with Crippen LogP contribution in [0.5, 0.6) is 5.75 Å². The second kappa shape index (κ2) is 7.45. The molecule has 0 amide bonds. The van der Waals surface area contributed by atoms with Crippen LogP contribution >= 0.6 is 0 Å². The second-order valence-electron chi connectivity index (χ2n) is 6.12. The van der Waals surface area contributed by atoms with Gasteiger partial charge in [0.15, 0.2) is 0 Å². The van der Waals surface area contributed by atoms with Gasteiger partial charge in [-0.25, -0.2) is 18.2 Å². The number of nitrogens with zero attached hydrogens (tertiary/aromatic N) is 3. The molecule has 0 radical (unpaired) electrons. The molecule has 1 aliphatic heterocycles. The first-order chi connectivity index (χ1) is 12.8. The molecule has 1 atom stereocenters. The number of rotatable bonds is 3. The summed E-state index contributed by atoms with van der Waals surface area (Å²) < 4.78 is 71.5. The molecule has 1 saturated heterocycles. The van der Waals surface area contributed by atoms with Crippen molar-refractivity contribution in [2.75, 3.05) is 18.0 Å². The average molecular weight is 387 g/mol. The van der Waals surface area contributed by atoms with Gasteiger partial charge in [0.25, 0.3) is 0 Å². The van der Waals surface area contributed by atoms with E-state index in [1.54, 1.807) is 18.0 Å². The number of carbonyl (C=O) groups excluding carboxylic acids is 1. The summed E-state index contributed by atoms with van der Waals surface area (Å²) in [7, 11) is 0. The van der Waals surface area contributed by atoms with Crippen molar-refractivity contribution in [1.82, 2.24) is 9.97 Å². The van der Waals surface area contributed by atoms with E-state index >= 15 is 0 Å². The molecule has 0 aliphatic carbocycles. The molecule has 3 rings (SSSR count). The summed E-state index contributed by atoms with van der Waals surface area (Å²) in [5.41, 5.74) is 0.665. The van der Waals surface area contributed by atoms with Crippen molar-refractivity contribution >= 4 is 11.8 Å². The molecule has 27 heavy (non-hydrogen) atoms. The summed E-state index contributed by atoms with van der Waals surface area (Å²) in [6.07, 6.45) is 3.95. The minimum Gasteiger partial charge on any atom is -0.420 e. The van der Waals surface area contributed by atoms with Gasteiger partial charge in [-0.3, -0.25) is 9.78 Å². The van der Waals surface area contributed by atoms with Crippen molar-refractivity contribution in [1.29, 1.82) is 0 Å². The molecular formula is C17H14F5N3O2. The lowest BCUT2D eigenvalue weighted by atomic mass is 9.98. The summed E-state index contributed by atoms with van der Waals surface area (Å²) in [5.74, 6) is -14.0. The third-order valence-electron chi connectivity index (χ3n) is 4.19. The van der Waals surface area contributed by atoms with E-state index in [9.17, 15) is 26.7 Å². The molecule has 0 bridgehead atoms. The van der Waals surface area contributed by atoms with Crippen LogP contribution in [0.1, 0.15) is 18.5 Å². The van der Waals surface area contributed by atoms with E-state index in [1.165, 1.54) is 6.20 Å². The molecule has 0 unspecified atom stereocenters. The van der Waals surface area contributed by atoms with Crippen LogP contribution in [-0.4, -0.2) is 29.0 Å². The van der Waals surface area contributed by atoms with E-state index in [-0.39, 0.29) is 6.54 Å². The van der Waals surface area contributed by atoms with Crippen LogP contribution in [-0.2, 0) is 4.79 Å². The SMILES string of the molecule is Cc1cncc(N2CCC[C@@H](C(=O)Oc3c(F)c(F)c(F)c(F)c3F)C2)n1. The normalized spacial score (nSPS) is 17.1. The zero-order valence-electron chi connectivity index (χ0n) is 14.1. The number of aryl methyl sites for hydroxylation is 1. The highest BCUT2D eigenvalue weighted by molar-refractivity contribution is 5.76. The number of hydrogen-bond acceptors (Lipinski definition) is 5. The van der Waals surface area contributed by atoms with Crippen LogP contribution in [0, 0.1) is 41.9 Å². The van der Waals surface area contributed by atoms with Crippen molar-refractivity contribution in [2.24, 2.45) is 5.92 Å². The standard InChI is InChI=1S/C17H14F5N3O2/c1-8-5-23-6-10(24-8)25-4-2-3-9(7-25)17(26)27-16-14(21)12(19)11(18)13(20)15(16)22/h5-6,9H,2-4,7H2,1H3/t9-/m1/s1. The third-order valence-corrected chi connectivity index (χ3v) is 4.19. The number of hydrogen-bond donors (Lipinski definition) is 0. The molecule has 1 aliphatic rings. The van der Waals surface area contributed by atoms with E-state index in [4.69, 9.17) is 0 Å². The van der Waals surface area contributed by atoms with Gasteiger partial charge in [-0.2, -0.15) is 8.78 Å². The highest BCUT2D eigenvalue weighted by atomic mass is 19.2. The van der Waals surface area contributed by atoms with Gasteiger partial charge < -0.3 is 9.64 Å². The number of benzene rings is 1. The Labute approximate surface area is 150 Å². The van der Waals surface area contributed by atoms with E-state index in [1.807, 2.05) is 0 Å². The maximum atomic E-state index is 13.7. The van der Waals surface area contributed by atoms with Crippen LogP contribution in [0.25, 0.3) is 0 Å². The number of piperidine rings is 1. The maximum Gasteiger partial charge on any atom is 0.316 e. The second-order valence-corrected chi connectivity index (χ2v) is 6.12. The van der Waals surface area contributed by atoms with Crippen LogP contribution in [0.2, 0.25) is 0 Å². The monoisotopic (exact) mass is 387 g/mol.